The predicted octanol–water partition coefficient (Wildman–Crippen LogP) is 3.72. The van der Waals surface area contributed by atoms with E-state index in [0.29, 0.717) is 30.4 Å². The van der Waals surface area contributed by atoms with E-state index in [2.05, 4.69) is 20.8 Å². The van der Waals surface area contributed by atoms with Crippen molar-refractivity contribution in [2.75, 3.05) is 19.0 Å². The maximum Gasteiger partial charge on any atom is 0.271 e. The van der Waals surface area contributed by atoms with Crippen molar-refractivity contribution >= 4 is 23.3 Å². The molecule has 0 radical (unpaired) electrons. The molecule has 1 amide bonds. The van der Waals surface area contributed by atoms with Crippen LogP contribution in [0.2, 0.25) is 5.02 Å². The van der Waals surface area contributed by atoms with Crippen molar-refractivity contribution in [2.24, 2.45) is 0 Å². The van der Waals surface area contributed by atoms with Crippen LogP contribution >= 0.6 is 11.6 Å². The topological polar surface area (TPSA) is 76.1 Å². The molecular weight excluding hydrogens is 376 g/mol. The minimum absolute atomic E-state index is 0.264. The fourth-order valence-corrected chi connectivity index (χ4v) is 2.89. The monoisotopic (exact) mass is 396 g/mol. The predicted molar refractivity (Wildman–Crippen MR) is 110 cm³/mol. The van der Waals surface area contributed by atoms with Crippen molar-refractivity contribution in [2.45, 2.75) is 13.0 Å². The first-order valence-corrected chi connectivity index (χ1v) is 9.26. The van der Waals surface area contributed by atoms with E-state index in [1.807, 2.05) is 48.5 Å². The number of benzene rings is 2. The quantitative estimate of drug-likeness (QED) is 0.606. The number of methoxy groups -OCH3 is 1. The third kappa shape index (κ3) is 5.20. The number of nitrogens with one attached hydrogen (secondary N) is 2. The van der Waals surface area contributed by atoms with Crippen LogP contribution in [0, 0.1) is 0 Å². The summed E-state index contributed by atoms with van der Waals surface area (Å²) in [6.07, 6.45) is 0.667. The summed E-state index contributed by atoms with van der Waals surface area (Å²) in [5, 5.41) is 14.7. The highest BCUT2D eigenvalue weighted by Gasteiger charge is 2.09. The highest BCUT2D eigenvalue weighted by molar-refractivity contribution is 6.31. The zero-order valence-corrected chi connectivity index (χ0v) is 16.2. The highest BCUT2D eigenvalue weighted by Crippen LogP contribution is 2.17. The average Bonchev–Trinajstić information content (AvgIpc) is 2.74. The first-order valence-electron chi connectivity index (χ1n) is 8.88. The number of carbonyl (C=O) groups excluding carboxylic acids is 1. The van der Waals surface area contributed by atoms with Gasteiger partial charge in [0.1, 0.15) is 11.6 Å². The molecule has 1 aromatic heterocycles. The SMILES string of the molecule is COc1ccccc1CCNC(=O)c1ccc(NCc2ccccc2Cl)nn1. The molecule has 1 heterocycles. The second kappa shape index (κ2) is 9.71. The van der Waals surface area contributed by atoms with Crippen molar-refractivity contribution in [1.29, 1.82) is 0 Å². The largest absolute Gasteiger partial charge is 0.496 e. The zero-order chi connectivity index (χ0) is 19.8. The van der Waals surface area contributed by atoms with Crippen LogP contribution in [0.1, 0.15) is 21.6 Å². The highest BCUT2D eigenvalue weighted by atomic mass is 35.5. The van der Waals surface area contributed by atoms with E-state index in [1.54, 1.807) is 19.2 Å². The molecule has 2 aromatic carbocycles. The van der Waals surface area contributed by atoms with Gasteiger partial charge in [0.2, 0.25) is 0 Å². The van der Waals surface area contributed by atoms with E-state index >= 15 is 0 Å². The van der Waals surface area contributed by atoms with Gasteiger partial charge < -0.3 is 15.4 Å². The second-order valence-electron chi connectivity index (χ2n) is 6.07. The molecule has 0 aliphatic rings. The maximum absolute atomic E-state index is 12.2. The molecule has 0 saturated heterocycles. The lowest BCUT2D eigenvalue weighted by molar-refractivity contribution is 0.0948. The van der Waals surface area contributed by atoms with E-state index in [9.17, 15) is 4.79 Å². The minimum Gasteiger partial charge on any atom is -0.496 e. The lowest BCUT2D eigenvalue weighted by Gasteiger charge is -2.09. The molecule has 28 heavy (non-hydrogen) atoms. The third-order valence-electron chi connectivity index (χ3n) is 4.19. The Morgan fingerprint density at radius 2 is 1.75 bits per heavy atom. The molecule has 0 aliphatic heterocycles. The summed E-state index contributed by atoms with van der Waals surface area (Å²) in [5.74, 6) is 1.12. The van der Waals surface area contributed by atoms with Crippen LogP contribution in [0.3, 0.4) is 0 Å². The molecule has 6 nitrogen and oxygen atoms in total. The van der Waals surface area contributed by atoms with Crippen LogP contribution in [-0.2, 0) is 13.0 Å². The van der Waals surface area contributed by atoms with Gasteiger partial charge >= 0.3 is 0 Å². The zero-order valence-electron chi connectivity index (χ0n) is 15.5. The van der Waals surface area contributed by atoms with Crippen LogP contribution in [-0.4, -0.2) is 29.8 Å². The van der Waals surface area contributed by atoms with E-state index < -0.39 is 0 Å². The number of ether oxygens (including phenoxy) is 1. The molecule has 0 unspecified atom stereocenters. The Morgan fingerprint density at radius 1 is 1.00 bits per heavy atom. The van der Waals surface area contributed by atoms with Gasteiger partial charge in [0, 0.05) is 18.1 Å². The molecule has 0 aliphatic carbocycles. The van der Waals surface area contributed by atoms with Gasteiger partial charge in [-0.15, -0.1) is 10.2 Å². The van der Waals surface area contributed by atoms with Gasteiger partial charge in [0.15, 0.2) is 5.69 Å². The molecular formula is C21H21ClN4O2. The lowest BCUT2D eigenvalue weighted by atomic mass is 10.1. The molecule has 3 rings (SSSR count). The molecule has 7 heteroatoms. The Hall–Kier alpha value is -3.12. The van der Waals surface area contributed by atoms with Crippen molar-refractivity contribution in [3.8, 4) is 5.75 Å². The van der Waals surface area contributed by atoms with Gasteiger partial charge in [0.05, 0.1) is 7.11 Å². The van der Waals surface area contributed by atoms with Crippen LogP contribution in [0.15, 0.2) is 60.7 Å². The smallest absolute Gasteiger partial charge is 0.271 e. The maximum atomic E-state index is 12.2. The van der Waals surface area contributed by atoms with Gasteiger partial charge in [-0.3, -0.25) is 4.79 Å². The van der Waals surface area contributed by atoms with Gasteiger partial charge in [0.25, 0.3) is 5.91 Å². The Labute approximate surface area is 168 Å². The Balaban J connectivity index is 1.50. The summed E-state index contributed by atoms with van der Waals surface area (Å²) < 4.78 is 5.31. The average molecular weight is 397 g/mol. The fraction of sp³-hybridized carbons (Fsp3) is 0.190. The molecule has 0 atom stereocenters. The van der Waals surface area contributed by atoms with Crippen molar-refractivity contribution in [3.63, 3.8) is 0 Å². The summed E-state index contributed by atoms with van der Waals surface area (Å²) in [6.45, 7) is 1.01. The number of para-hydroxylation sites is 1. The van der Waals surface area contributed by atoms with Crippen molar-refractivity contribution < 1.29 is 9.53 Å². The molecule has 0 spiro atoms. The number of rotatable bonds is 8. The number of nitrogens with zero attached hydrogens (tertiary/aromatic N) is 2. The summed E-state index contributed by atoms with van der Waals surface area (Å²) >= 11 is 6.13. The van der Waals surface area contributed by atoms with Crippen LogP contribution in [0.25, 0.3) is 0 Å². The summed E-state index contributed by atoms with van der Waals surface area (Å²) in [6, 6.07) is 18.7. The molecule has 0 saturated carbocycles. The standard InChI is InChI=1S/C21H21ClN4O2/c1-28-19-9-5-3-6-15(19)12-13-23-21(27)18-10-11-20(26-25-18)24-14-16-7-2-4-8-17(16)22/h2-11H,12-14H2,1H3,(H,23,27)(H,24,26). The number of anilines is 1. The molecule has 3 aromatic rings. The third-order valence-corrected chi connectivity index (χ3v) is 4.56. The van der Waals surface area contributed by atoms with E-state index in [0.717, 1.165) is 16.9 Å². The van der Waals surface area contributed by atoms with Gasteiger partial charge in [-0.2, -0.15) is 0 Å². The van der Waals surface area contributed by atoms with Crippen molar-refractivity contribution in [3.05, 3.63) is 82.5 Å². The number of hydrogen-bond acceptors (Lipinski definition) is 5. The number of aromatic nitrogens is 2. The van der Waals surface area contributed by atoms with Gasteiger partial charge in [-0.05, 0) is 41.8 Å². The molecule has 0 bridgehead atoms. The Bertz CT molecular complexity index is 932. The lowest BCUT2D eigenvalue weighted by Crippen LogP contribution is -2.27. The molecule has 2 N–H and O–H groups in total. The van der Waals surface area contributed by atoms with E-state index in [1.165, 1.54) is 0 Å². The van der Waals surface area contributed by atoms with E-state index in [4.69, 9.17) is 16.3 Å². The fourth-order valence-electron chi connectivity index (χ4n) is 2.69. The van der Waals surface area contributed by atoms with E-state index in [-0.39, 0.29) is 11.6 Å². The van der Waals surface area contributed by atoms with Crippen LogP contribution < -0.4 is 15.4 Å². The Kier molecular flexibility index (Phi) is 6.81. The summed E-state index contributed by atoms with van der Waals surface area (Å²) in [4.78, 5) is 12.2. The van der Waals surface area contributed by atoms with Gasteiger partial charge in [-0.25, -0.2) is 0 Å². The summed E-state index contributed by atoms with van der Waals surface area (Å²) in [7, 11) is 1.63. The molecule has 0 fully saturated rings. The molecule has 144 valence electrons. The number of amides is 1. The van der Waals surface area contributed by atoms with Crippen LogP contribution in [0.5, 0.6) is 5.75 Å². The normalized spacial score (nSPS) is 10.4. The number of halogens is 1. The van der Waals surface area contributed by atoms with Crippen molar-refractivity contribution in [1.82, 2.24) is 15.5 Å². The minimum atomic E-state index is -0.264. The van der Waals surface area contributed by atoms with Gasteiger partial charge in [-0.1, -0.05) is 48.0 Å². The first-order chi connectivity index (χ1) is 13.7. The second-order valence-corrected chi connectivity index (χ2v) is 6.47. The first kappa shape index (κ1) is 19.6. The number of hydrogen-bond donors (Lipinski definition) is 2. The summed E-state index contributed by atoms with van der Waals surface area (Å²) in [5.41, 5.74) is 2.27. The Morgan fingerprint density at radius 3 is 2.46 bits per heavy atom. The number of carbonyl (C=O) groups is 1. The van der Waals surface area contributed by atoms with Crippen LogP contribution in [0.4, 0.5) is 5.82 Å².